The largest absolute Gasteiger partial charge is 0.346 e. The van der Waals surface area contributed by atoms with Gasteiger partial charge in [-0.2, -0.15) is 0 Å². The minimum absolute atomic E-state index is 0.227. The van der Waals surface area contributed by atoms with Gasteiger partial charge in [0.25, 0.3) is 0 Å². The summed E-state index contributed by atoms with van der Waals surface area (Å²) in [4.78, 5) is 3.21. The van der Waals surface area contributed by atoms with Gasteiger partial charge in [0, 0.05) is 22.5 Å². The number of rotatable bonds is 2. The minimum atomic E-state index is -3.26. The number of sulfone groups is 1. The van der Waals surface area contributed by atoms with Crippen molar-refractivity contribution in [1.82, 2.24) is 4.98 Å². The Labute approximate surface area is 115 Å². The molecular weight excluding hydrogens is 290 g/mol. The SMILES string of the molecule is CS(=O)(=O)c1ccc(Cl)c(-c2cccc(=S)[nH]2)c1. The number of halogens is 1. The van der Waals surface area contributed by atoms with E-state index in [9.17, 15) is 8.42 Å². The van der Waals surface area contributed by atoms with Gasteiger partial charge in [-0.25, -0.2) is 8.42 Å². The Morgan fingerprint density at radius 2 is 1.94 bits per heavy atom. The van der Waals surface area contributed by atoms with E-state index in [1.165, 1.54) is 12.1 Å². The summed E-state index contributed by atoms with van der Waals surface area (Å²) in [5.74, 6) is 0. The number of hydrogen-bond donors (Lipinski definition) is 1. The predicted molar refractivity (Wildman–Crippen MR) is 75.2 cm³/mol. The Bertz CT molecular complexity index is 751. The Balaban J connectivity index is 2.68. The molecule has 1 aromatic heterocycles. The lowest BCUT2D eigenvalue weighted by molar-refractivity contribution is 0.602. The van der Waals surface area contributed by atoms with Crippen LogP contribution in [-0.4, -0.2) is 19.7 Å². The molecule has 0 amide bonds. The predicted octanol–water partition coefficient (Wildman–Crippen LogP) is 3.47. The zero-order chi connectivity index (χ0) is 13.3. The topological polar surface area (TPSA) is 49.9 Å². The summed E-state index contributed by atoms with van der Waals surface area (Å²) in [5.41, 5.74) is 1.31. The Morgan fingerprint density at radius 3 is 2.56 bits per heavy atom. The standard InChI is InChI=1S/C12H10ClNO2S2/c1-18(15,16)8-5-6-10(13)9(7-8)11-3-2-4-12(17)14-11/h2-7H,1H3,(H,14,17). The number of pyridine rings is 1. The maximum atomic E-state index is 11.5. The van der Waals surface area contributed by atoms with Crippen molar-refractivity contribution >= 4 is 33.7 Å². The maximum Gasteiger partial charge on any atom is 0.175 e. The third-order valence-electron chi connectivity index (χ3n) is 2.42. The molecule has 0 bridgehead atoms. The van der Waals surface area contributed by atoms with Gasteiger partial charge < -0.3 is 4.98 Å². The van der Waals surface area contributed by atoms with Crippen molar-refractivity contribution in [2.24, 2.45) is 0 Å². The number of aromatic amines is 1. The van der Waals surface area contributed by atoms with Gasteiger partial charge in [-0.1, -0.05) is 29.9 Å². The van der Waals surface area contributed by atoms with Gasteiger partial charge in [0.2, 0.25) is 0 Å². The third kappa shape index (κ3) is 2.80. The highest BCUT2D eigenvalue weighted by molar-refractivity contribution is 7.90. The third-order valence-corrected chi connectivity index (χ3v) is 4.10. The van der Waals surface area contributed by atoms with Crippen LogP contribution >= 0.6 is 23.8 Å². The van der Waals surface area contributed by atoms with Crippen molar-refractivity contribution in [2.45, 2.75) is 4.90 Å². The average Bonchev–Trinajstić information content (AvgIpc) is 2.28. The lowest BCUT2D eigenvalue weighted by atomic mass is 10.1. The van der Waals surface area contributed by atoms with Gasteiger partial charge in [-0.15, -0.1) is 0 Å². The Morgan fingerprint density at radius 1 is 1.22 bits per heavy atom. The minimum Gasteiger partial charge on any atom is -0.346 e. The summed E-state index contributed by atoms with van der Waals surface area (Å²) in [5, 5.41) is 0.472. The molecule has 94 valence electrons. The van der Waals surface area contributed by atoms with Gasteiger partial charge in [-0.05, 0) is 30.3 Å². The molecule has 0 radical (unpaired) electrons. The second-order valence-electron chi connectivity index (χ2n) is 3.84. The van der Waals surface area contributed by atoms with Crippen LogP contribution in [0.2, 0.25) is 5.02 Å². The fourth-order valence-electron chi connectivity index (χ4n) is 1.55. The van der Waals surface area contributed by atoms with Crippen molar-refractivity contribution in [3.05, 3.63) is 46.1 Å². The van der Waals surface area contributed by atoms with Crippen molar-refractivity contribution in [3.8, 4) is 11.3 Å². The number of hydrogen-bond acceptors (Lipinski definition) is 3. The summed E-state index contributed by atoms with van der Waals surface area (Å²) < 4.78 is 23.6. The molecular formula is C12H10ClNO2S2. The maximum absolute atomic E-state index is 11.5. The van der Waals surface area contributed by atoms with Gasteiger partial charge in [-0.3, -0.25) is 0 Å². The van der Waals surface area contributed by atoms with E-state index in [1.807, 2.05) is 0 Å². The molecule has 1 heterocycles. The lowest BCUT2D eigenvalue weighted by Crippen LogP contribution is -1.97. The number of benzene rings is 1. The summed E-state index contributed by atoms with van der Waals surface area (Å²) in [7, 11) is -3.26. The number of nitrogens with one attached hydrogen (secondary N) is 1. The van der Waals surface area contributed by atoms with Crippen molar-refractivity contribution in [2.75, 3.05) is 6.26 Å². The Kier molecular flexibility index (Phi) is 3.56. The molecule has 2 aromatic rings. The number of aromatic nitrogens is 1. The first-order valence-electron chi connectivity index (χ1n) is 5.07. The smallest absolute Gasteiger partial charge is 0.175 e. The average molecular weight is 300 g/mol. The van der Waals surface area contributed by atoms with Crippen molar-refractivity contribution < 1.29 is 8.42 Å². The fourth-order valence-corrected chi connectivity index (χ4v) is 2.60. The highest BCUT2D eigenvalue weighted by atomic mass is 35.5. The van der Waals surface area contributed by atoms with Crippen LogP contribution in [0.4, 0.5) is 0 Å². The van der Waals surface area contributed by atoms with Gasteiger partial charge in [0.15, 0.2) is 9.84 Å². The molecule has 0 unspecified atom stereocenters. The first-order valence-corrected chi connectivity index (χ1v) is 7.75. The molecule has 0 aliphatic carbocycles. The van der Waals surface area contributed by atoms with E-state index in [1.54, 1.807) is 24.3 Å². The van der Waals surface area contributed by atoms with E-state index in [0.29, 0.717) is 20.9 Å². The lowest BCUT2D eigenvalue weighted by Gasteiger charge is -2.07. The van der Waals surface area contributed by atoms with E-state index >= 15 is 0 Å². The molecule has 18 heavy (non-hydrogen) atoms. The van der Waals surface area contributed by atoms with E-state index in [0.717, 1.165) is 6.26 Å². The van der Waals surface area contributed by atoms with Gasteiger partial charge in [0.1, 0.15) is 4.64 Å². The Hall–Kier alpha value is -1.17. The van der Waals surface area contributed by atoms with Crippen molar-refractivity contribution in [3.63, 3.8) is 0 Å². The van der Waals surface area contributed by atoms with E-state index in [-0.39, 0.29) is 4.90 Å². The highest BCUT2D eigenvalue weighted by Gasteiger charge is 2.11. The molecule has 2 rings (SSSR count). The molecule has 1 N–H and O–H groups in total. The zero-order valence-electron chi connectivity index (χ0n) is 9.48. The quantitative estimate of drug-likeness (QED) is 0.864. The molecule has 0 aliphatic heterocycles. The highest BCUT2D eigenvalue weighted by Crippen LogP contribution is 2.28. The van der Waals surface area contributed by atoms with E-state index < -0.39 is 9.84 Å². The molecule has 0 fully saturated rings. The first kappa shape index (κ1) is 13.3. The molecule has 1 aromatic carbocycles. The number of H-pyrrole nitrogens is 1. The molecule has 6 heteroatoms. The molecule has 0 saturated heterocycles. The van der Waals surface area contributed by atoms with Gasteiger partial charge in [0.05, 0.1) is 4.90 Å². The zero-order valence-corrected chi connectivity index (χ0v) is 11.9. The summed E-state index contributed by atoms with van der Waals surface area (Å²) >= 11 is 11.1. The van der Waals surface area contributed by atoms with Crippen LogP contribution in [0, 0.1) is 4.64 Å². The van der Waals surface area contributed by atoms with Crippen LogP contribution < -0.4 is 0 Å². The van der Waals surface area contributed by atoms with Crippen LogP contribution in [0.25, 0.3) is 11.3 Å². The molecule has 0 atom stereocenters. The molecule has 0 aliphatic rings. The molecule has 3 nitrogen and oxygen atoms in total. The monoisotopic (exact) mass is 299 g/mol. The van der Waals surface area contributed by atoms with Crippen LogP contribution in [0.15, 0.2) is 41.3 Å². The van der Waals surface area contributed by atoms with E-state index in [4.69, 9.17) is 23.8 Å². The second-order valence-corrected chi connectivity index (χ2v) is 6.71. The second kappa shape index (κ2) is 4.84. The van der Waals surface area contributed by atoms with Crippen LogP contribution in [0.3, 0.4) is 0 Å². The summed E-state index contributed by atoms with van der Waals surface area (Å²) in [6.07, 6.45) is 1.16. The van der Waals surface area contributed by atoms with Crippen LogP contribution in [0.5, 0.6) is 0 Å². The summed E-state index contributed by atoms with van der Waals surface area (Å²) in [6.45, 7) is 0. The fraction of sp³-hybridized carbons (Fsp3) is 0.0833. The van der Waals surface area contributed by atoms with Crippen molar-refractivity contribution in [1.29, 1.82) is 0 Å². The normalized spacial score (nSPS) is 11.4. The molecule has 0 saturated carbocycles. The molecule has 0 spiro atoms. The van der Waals surface area contributed by atoms with Gasteiger partial charge >= 0.3 is 0 Å². The van der Waals surface area contributed by atoms with Crippen LogP contribution in [-0.2, 0) is 9.84 Å². The van der Waals surface area contributed by atoms with E-state index in [2.05, 4.69) is 4.98 Å². The summed E-state index contributed by atoms with van der Waals surface area (Å²) in [6, 6.07) is 9.92. The first-order chi connectivity index (χ1) is 8.38. The van der Waals surface area contributed by atoms with Crippen LogP contribution in [0.1, 0.15) is 0 Å².